The maximum Gasteiger partial charge on any atom is 0.245 e. The van der Waals surface area contributed by atoms with Crippen molar-refractivity contribution in [2.45, 2.75) is 38.3 Å². The van der Waals surface area contributed by atoms with Crippen molar-refractivity contribution < 1.29 is 9.59 Å². The summed E-state index contributed by atoms with van der Waals surface area (Å²) in [6.07, 6.45) is 8.18. The lowest BCUT2D eigenvalue weighted by molar-refractivity contribution is -0.140. The zero-order valence-electron chi connectivity index (χ0n) is 13.9. The Hall–Kier alpha value is -2.10. The summed E-state index contributed by atoms with van der Waals surface area (Å²) in [6, 6.07) is 9.69. The summed E-state index contributed by atoms with van der Waals surface area (Å²) in [5.41, 5.74) is 1.14. The van der Waals surface area contributed by atoms with Gasteiger partial charge in [-0.15, -0.1) is 0 Å². The highest BCUT2D eigenvalue weighted by Crippen LogP contribution is 2.43. The third kappa shape index (κ3) is 2.97. The fourth-order valence-electron chi connectivity index (χ4n) is 4.40. The van der Waals surface area contributed by atoms with Crippen LogP contribution in [0.3, 0.4) is 0 Å². The molecule has 1 aromatic rings. The molecular weight excluding hydrogens is 300 g/mol. The van der Waals surface area contributed by atoms with Crippen LogP contribution in [0.4, 0.5) is 0 Å². The van der Waals surface area contributed by atoms with Crippen molar-refractivity contribution in [1.82, 2.24) is 10.2 Å². The molecule has 1 aromatic carbocycles. The molecule has 4 rings (SSSR count). The van der Waals surface area contributed by atoms with Crippen LogP contribution in [-0.4, -0.2) is 29.3 Å². The number of nitrogens with zero attached hydrogens (tertiary/aromatic N) is 1. The Morgan fingerprint density at radius 1 is 1.17 bits per heavy atom. The van der Waals surface area contributed by atoms with Crippen LogP contribution in [0.15, 0.2) is 42.5 Å². The number of hydrogen-bond donors (Lipinski definition) is 1. The van der Waals surface area contributed by atoms with Crippen LogP contribution in [0.1, 0.15) is 31.2 Å². The van der Waals surface area contributed by atoms with Crippen LogP contribution in [0.25, 0.3) is 0 Å². The van der Waals surface area contributed by atoms with E-state index in [0.29, 0.717) is 18.4 Å². The molecule has 1 saturated heterocycles. The molecule has 1 saturated carbocycles. The number of hydrogen-bond acceptors (Lipinski definition) is 2. The van der Waals surface area contributed by atoms with Gasteiger partial charge in [0.15, 0.2) is 0 Å². The van der Waals surface area contributed by atoms with Gasteiger partial charge in [-0.05, 0) is 43.1 Å². The first-order valence-electron chi connectivity index (χ1n) is 9.02. The highest BCUT2D eigenvalue weighted by Gasteiger charge is 2.41. The molecule has 0 radical (unpaired) electrons. The number of piperidine rings is 1. The summed E-state index contributed by atoms with van der Waals surface area (Å²) in [4.78, 5) is 27.2. The molecule has 4 heteroatoms. The summed E-state index contributed by atoms with van der Waals surface area (Å²) in [5.74, 6) is 1.16. The Morgan fingerprint density at radius 2 is 2.00 bits per heavy atom. The molecule has 0 aromatic heterocycles. The van der Waals surface area contributed by atoms with E-state index in [1.165, 1.54) is 0 Å². The molecule has 4 nitrogen and oxygen atoms in total. The number of allylic oxidation sites excluding steroid dienone is 2. The van der Waals surface area contributed by atoms with Gasteiger partial charge < -0.3 is 10.2 Å². The van der Waals surface area contributed by atoms with Crippen LogP contribution >= 0.6 is 0 Å². The molecule has 2 bridgehead atoms. The van der Waals surface area contributed by atoms with Gasteiger partial charge in [-0.1, -0.05) is 42.5 Å². The molecule has 2 amide bonds. The number of amides is 2. The second-order valence-electron chi connectivity index (χ2n) is 7.34. The molecule has 126 valence electrons. The second kappa shape index (κ2) is 6.42. The monoisotopic (exact) mass is 324 g/mol. The van der Waals surface area contributed by atoms with E-state index in [0.717, 1.165) is 37.8 Å². The Morgan fingerprint density at radius 3 is 2.71 bits per heavy atom. The molecule has 24 heavy (non-hydrogen) atoms. The first kappa shape index (κ1) is 15.4. The van der Waals surface area contributed by atoms with Crippen LogP contribution in [0.2, 0.25) is 0 Å². The normalized spacial score (nSPS) is 31.5. The Labute approximate surface area is 142 Å². The maximum absolute atomic E-state index is 12.7. The predicted octanol–water partition coefficient (Wildman–Crippen LogP) is 2.51. The van der Waals surface area contributed by atoms with E-state index in [9.17, 15) is 9.59 Å². The first-order chi connectivity index (χ1) is 11.7. The van der Waals surface area contributed by atoms with Crippen molar-refractivity contribution in [2.24, 2.45) is 17.8 Å². The lowest BCUT2D eigenvalue weighted by Gasteiger charge is -2.33. The lowest BCUT2D eigenvalue weighted by atomic mass is 9.92. The molecule has 1 heterocycles. The number of carbonyl (C=O) groups excluding carboxylic acids is 2. The van der Waals surface area contributed by atoms with Crippen molar-refractivity contribution in [2.75, 3.05) is 6.54 Å². The molecule has 2 fully saturated rings. The standard InChI is InChI=1S/C20H24N2O2/c23-19(17-12-15-8-9-16(17)11-15)21-18-7-4-10-22(20(18)24)13-14-5-2-1-3-6-14/h1-3,5-6,8-9,15-18H,4,7,10-13H2,(H,21,23). The van der Waals surface area contributed by atoms with Gasteiger partial charge in [0.1, 0.15) is 6.04 Å². The number of likely N-dealkylation sites (tertiary alicyclic amines) is 1. The zero-order valence-corrected chi connectivity index (χ0v) is 13.9. The van der Waals surface area contributed by atoms with Crippen molar-refractivity contribution in [1.29, 1.82) is 0 Å². The van der Waals surface area contributed by atoms with E-state index in [1.54, 1.807) is 0 Å². The first-order valence-corrected chi connectivity index (χ1v) is 9.02. The number of rotatable bonds is 4. The van der Waals surface area contributed by atoms with E-state index < -0.39 is 0 Å². The largest absolute Gasteiger partial charge is 0.344 e. The smallest absolute Gasteiger partial charge is 0.245 e. The van der Waals surface area contributed by atoms with Gasteiger partial charge >= 0.3 is 0 Å². The number of benzene rings is 1. The minimum atomic E-state index is -0.349. The lowest BCUT2D eigenvalue weighted by Crippen LogP contribution is -2.53. The van der Waals surface area contributed by atoms with E-state index in [-0.39, 0.29) is 23.8 Å². The Balaban J connectivity index is 1.37. The highest BCUT2D eigenvalue weighted by atomic mass is 16.2. The van der Waals surface area contributed by atoms with Gasteiger partial charge in [0.25, 0.3) is 0 Å². The molecule has 4 unspecified atom stereocenters. The van der Waals surface area contributed by atoms with Crippen molar-refractivity contribution in [3.8, 4) is 0 Å². The summed E-state index contributed by atoms with van der Waals surface area (Å²) >= 11 is 0. The third-order valence-electron chi connectivity index (χ3n) is 5.68. The minimum absolute atomic E-state index is 0.0668. The van der Waals surface area contributed by atoms with Crippen molar-refractivity contribution in [3.05, 3.63) is 48.0 Å². The minimum Gasteiger partial charge on any atom is -0.344 e. The highest BCUT2D eigenvalue weighted by molar-refractivity contribution is 5.89. The molecule has 4 atom stereocenters. The molecule has 2 aliphatic carbocycles. The van der Waals surface area contributed by atoms with Crippen LogP contribution in [-0.2, 0) is 16.1 Å². The summed E-state index contributed by atoms with van der Waals surface area (Å²) in [5, 5.41) is 3.05. The fourth-order valence-corrected chi connectivity index (χ4v) is 4.40. The van der Waals surface area contributed by atoms with Crippen molar-refractivity contribution in [3.63, 3.8) is 0 Å². The maximum atomic E-state index is 12.7. The third-order valence-corrected chi connectivity index (χ3v) is 5.68. The number of nitrogens with one attached hydrogen (secondary N) is 1. The van der Waals surface area contributed by atoms with E-state index >= 15 is 0 Å². The van der Waals surface area contributed by atoms with Gasteiger partial charge in [-0.2, -0.15) is 0 Å². The van der Waals surface area contributed by atoms with Gasteiger partial charge in [0.05, 0.1) is 0 Å². The van der Waals surface area contributed by atoms with Crippen molar-refractivity contribution >= 4 is 11.8 Å². The molecule has 1 N–H and O–H groups in total. The number of fused-ring (bicyclic) bond motifs is 2. The van der Waals surface area contributed by atoms with E-state index in [4.69, 9.17) is 0 Å². The van der Waals surface area contributed by atoms with Gasteiger partial charge in [-0.3, -0.25) is 9.59 Å². The van der Waals surface area contributed by atoms with Crippen LogP contribution < -0.4 is 5.32 Å². The summed E-state index contributed by atoms with van der Waals surface area (Å²) < 4.78 is 0. The van der Waals surface area contributed by atoms with E-state index in [1.807, 2.05) is 35.2 Å². The zero-order chi connectivity index (χ0) is 16.5. The quantitative estimate of drug-likeness (QED) is 0.865. The topological polar surface area (TPSA) is 49.4 Å². The SMILES string of the molecule is O=C(NC1CCCN(Cc2ccccc2)C1=O)C1CC2C=CC1C2. The average Bonchev–Trinajstić information content (AvgIpc) is 3.23. The van der Waals surface area contributed by atoms with Crippen LogP contribution in [0.5, 0.6) is 0 Å². The molecule has 3 aliphatic rings. The van der Waals surface area contributed by atoms with Crippen LogP contribution in [0, 0.1) is 17.8 Å². The molecular formula is C20H24N2O2. The van der Waals surface area contributed by atoms with Gasteiger partial charge in [0, 0.05) is 19.0 Å². The Bertz CT molecular complexity index is 655. The summed E-state index contributed by atoms with van der Waals surface area (Å²) in [7, 11) is 0. The summed E-state index contributed by atoms with van der Waals surface area (Å²) in [6.45, 7) is 1.40. The van der Waals surface area contributed by atoms with Gasteiger partial charge in [0.2, 0.25) is 11.8 Å². The second-order valence-corrected chi connectivity index (χ2v) is 7.34. The average molecular weight is 324 g/mol. The number of carbonyl (C=O) groups is 2. The predicted molar refractivity (Wildman–Crippen MR) is 91.9 cm³/mol. The van der Waals surface area contributed by atoms with Gasteiger partial charge in [-0.25, -0.2) is 0 Å². The Kier molecular flexibility index (Phi) is 4.13. The molecule has 0 spiro atoms. The molecule has 1 aliphatic heterocycles. The fraction of sp³-hybridized carbons (Fsp3) is 0.500. The van der Waals surface area contributed by atoms with E-state index in [2.05, 4.69) is 17.5 Å².